The van der Waals surface area contributed by atoms with Gasteiger partial charge in [0.2, 0.25) is 0 Å². The zero-order valence-electron chi connectivity index (χ0n) is 42.0. The number of unbranched alkanes of at least 4 members (excludes halogenated alkanes) is 29. The fraction of sp³-hybridized carbons (Fsp3) is 0.741. The molecule has 1 unspecified atom stereocenters. The van der Waals surface area contributed by atoms with Crippen LogP contribution in [0.15, 0.2) is 72.9 Å². The molecule has 1 atom stereocenters. The van der Waals surface area contributed by atoms with Gasteiger partial charge in [-0.25, -0.2) is 0 Å². The van der Waals surface area contributed by atoms with Gasteiger partial charge in [0.1, 0.15) is 13.2 Å². The Morgan fingerprint density at radius 1 is 0.328 bits per heavy atom. The standard InChI is InChI=1S/C58H100O6/c1-4-7-10-13-16-19-22-25-27-28-29-31-33-36-39-42-45-48-51-57(60)63-54-55(53-62-56(59)50-47-44-41-38-35-32-24-21-18-15-12-9-6-3)64-58(61)52-49-46-43-40-37-34-30-26-23-20-17-14-11-8-5-2/h8,11,14,17,20,23,26,29-31,34,37,55H,4-7,9-10,12-13,15-16,18-19,21-22,24-25,27-28,32-33,35-36,38-54H2,1-3H3/b11-8-,17-14-,23-20-,30-26-,31-29-,37-34-. The number of hydrogen-bond donors (Lipinski definition) is 0. The molecule has 0 aromatic heterocycles. The highest BCUT2D eigenvalue weighted by atomic mass is 16.6. The minimum atomic E-state index is -0.799. The molecule has 0 N–H and O–H groups in total. The minimum absolute atomic E-state index is 0.0936. The molecule has 0 aromatic rings. The van der Waals surface area contributed by atoms with E-state index in [-0.39, 0.29) is 37.5 Å². The van der Waals surface area contributed by atoms with Gasteiger partial charge in [-0.2, -0.15) is 0 Å². The van der Waals surface area contributed by atoms with Crippen LogP contribution in [0.25, 0.3) is 0 Å². The number of carbonyl (C=O) groups excluding carboxylic acids is 3. The summed E-state index contributed by atoms with van der Waals surface area (Å²) in [5, 5.41) is 0. The van der Waals surface area contributed by atoms with Crippen molar-refractivity contribution in [1.82, 2.24) is 0 Å². The van der Waals surface area contributed by atoms with Crippen LogP contribution in [0.3, 0.4) is 0 Å². The summed E-state index contributed by atoms with van der Waals surface area (Å²) in [5.41, 5.74) is 0. The lowest BCUT2D eigenvalue weighted by molar-refractivity contribution is -0.167. The van der Waals surface area contributed by atoms with Gasteiger partial charge in [0, 0.05) is 19.3 Å². The van der Waals surface area contributed by atoms with Crippen molar-refractivity contribution in [2.45, 2.75) is 264 Å². The predicted octanol–water partition coefficient (Wildman–Crippen LogP) is 17.8. The molecule has 0 amide bonds. The van der Waals surface area contributed by atoms with Crippen LogP contribution in [-0.2, 0) is 28.6 Å². The number of esters is 3. The number of rotatable bonds is 48. The van der Waals surface area contributed by atoms with Crippen molar-refractivity contribution in [3.05, 3.63) is 72.9 Å². The first-order chi connectivity index (χ1) is 31.5. The van der Waals surface area contributed by atoms with Crippen molar-refractivity contribution >= 4 is 17.9 Å². The molecule has 0 rings (SSSR count). The number of hydrogen-bond acceptors (Lipinski definition) is 6. The molecule has 64 heavy (non-hydrogen) atoms. The van der Waals surface area contributed by atoms with Gasteiger partial charge in [-0.05, 0) is 64.2 Å². The Morgan fingerprint density at radius 2 is 0.625 bits per heavy atom. The highest BCUT2D eigenvalue weighted by Gasteiger charge is 2.19. The molecule has 368 valence electrons. The molecule has 0 spiro atoms. The largest absolute Gasteiger partial charge is 0.462 e. The molecule has 6 nitrogen and oxygen atoms in total. The summed E-state index contributed by atoms with van der Waals surface area (Å²) in [5.74, 6) is -0.939. The number of carbonyl (C=O) groups is 3. The van der Waals surface area contributed by atoms with Crippen LogP contribution in [0.5, 0.6) is 0 Å². The van der Waals surface area contributed by atoms with Crippen molar-refractivity contribution in [2.24, 2.45) is 0 Å². The van der Waals surface area contributed by atoms with E-state index < -0.39 is 6.10 Å². The van der Waals surface area contributed by atoms with Gasteiger partial charge in [-0.1, -0.05) is 248 Å². The maximum atomic E-state index is 12.8. The second kappa shape index (κ2) is 52.5. The lowest BCUT2D eigenvalue weighted by atomic mass is 10.0. The molecular formula is C58H100O6. The number of ether oxygens (including phenoxy) is 3. The summed E-state index contributed by atoms with van der Waals surface area (Å²) in [6, 6.07) is 0. The molecule has 0 aliphatic carbocycles. The normalized spacial score (nSPS) is 12.6. The van der Waals surface area contributed by atoms with Crippen molar-refractivity contribution in [2.75, 3.05) is 13.2 Å². The molecule has 0 radical (unpaired) electrons. The third-order valence-corrected chi connectivity index (χ3v) is 11.6. The topological polar surface area (TPSA) is 78.9 Å². The first-order valence-corrected chi connectivity index (χ1v) is 27.0. The van der Waals surface area contributed by atoms with Crippen molar-refractivity contribution in [1.29, 1.82) is 0 Å². The predicted molar refractivity (Wildman–Crippen MR) is 274 cm³/mol. The van der Waals surface area contributed by atoms with Gasteiger partial charge in [0.25, 0.3) is 0 Å². The fourth-order valence-electron chi connectivity index (χ4n) is 7.52. The van der Waals surface area contributed by atoms with Crippen molar-refractivity contribution < 1.29 is 28.6 Å². The highest BCUT2D eigenvalue weighted by Crippen LogP contribution is 2.15. The maximum Gasteiger partial charge on any atom is 0.306 e. The summed E-state index contributed by atoms with van der Waals surface area (Å²) in [4.78, 5) is 38.0. The molecule has 0 aliphatic heterocycles. The van der Waals surface area contributed by atoms with E-state index in [4.69, 9.17) is 14.2 Å². The minimum Gasteiger partial charge on any atom is -0.462 e. The van der Waals surface area contributed by atoms with E-state index in [1.807, 2.05) is 48.6 Å². The van der Waals surface area contributed by atoms with Gasteiger partial charge < -0.3 is 14.2 Å². The molecule has 0 fully saturated rings. The molecule has 0 saturated heterocycles. The molecule has 0 saturated carbocycles. The summed E-state index contributed by atoms with van der Waals surface area (Å²) in [6.07, 6.45) is 66.0. The third-order valence-electron chi connectivity index (χ3n) is 11.6. The van der Waals surface area contributed by atoms with Crippen LogP contribution in [0.4, 0.5) is 0 Å². The molecule has 0 bridgehead atoms. The van der Waals surface area contributed by atoms with E-state index in [9.17, 15) is 14.4 Å². The Bertz CT molecular complexity index is 1210. The molecule has 0 heterocycles. The summed E-state index contributed by atoms with van der Waals surface area (Å²) in [6.45, 7) is 6.46. The molecule has 0 aromatic carbocycles. The average molecular weight is 893 g/mol. The second-order valence-electron chi connectivity index (χ2n) is 17.9. The van der Waals surface area contributed by atoms with Crippen molar-refractivity contribution in [3.8, 4) is 0 Å². The lowest BCUT2D eigenvalue weighted by Gasteiger charge is -2.18. The number of allylic oxidation sites excluding steroid dienone is 12. The summed E-state index contributed by atoms with van der Waals surface area (Å²) < 4.78 is 16.8. The van der Waals surface area contributed by atoms with Crippen LogP contribution in [0.1, 0.15) is 258 Å². The average Bonchev–Trinajstić information content (AvgIpc) is 3.29. The lowest BCUT2D eigenvalue weighted by Crippen LogP contribution is -2.30. The molecule has 0 aliphatic rings. The first-order valence-electron chi connectivity index (χ1n) is 27.0. The smallest absolute Gasteiger partial charge is 0.306 e. The van der Waals surface area contributed by atoms with Gasteiger partial charge in [0.05, 0.1) is 0 Å². The van der Waals surface area contributed by atoms with Crippen LogP contribution in [-0.4, -0.2) is 37.2 Å². The van der Waals surface area contributed by atoms with Gasteiger partial charge >= 0.3 is 17.9 Å². The van der Waals surface area contributed by atoms with E-state index >= 15 is 0 Å². The van der Waals surface area contributed by atoms with Crippen LogP contribution in [0, 0.1) is 0 Å². The summed E-state index contributed by atoms with van der Waals surface area (Å²) in [7, 11) is 0. The fourth-order valence-corrected chi connectivity index (χ4v) is 7.52. The van der Waals surface area contributed by atoms with E-state index in [1.54, 1.807) is 0 Å². The van der Waals surface area contributed by atoms with E-state index in [1.165, 1.54) is 141 Å². The monoisotopic (exact) mass is 893 g/mol. The van der Waals surface area contributed by atoms with E-state index in [0.29, 0.717) is 19.3 Å². The van der Waals surface area contributed by atoms with E-state index in [0.717, 1.165) is 70.6 Å². The Labute approximate surface area is 395 Å². The zero-order chi connectivity index (χ0) is 46.5. The molecule has 6 heteroatoms. The second-order valence-corrected chi connectivity index (χ2v) is 17.9. The Morgan fingerprint density at radius 3 is 1.02 bits per heavy atom. The first kappa shape index (κ1) is 60.9. The van der Waals surface area contributed by atoms with Gasteiger partial charge in [-0.3, -0.25) is 14.4 Å². The quantitative estimate of drug-likeness (QED) is 0.0199. The Hall–Kier alpha value is -3.15. The summed E-state index contributed by atoms with van der Waals surface area (Å²) >= 11 is 0. The highest BCUT2D eigenvalue weighted by molar-refractivity contribution is 5.71. The Kier molecular flexibility index (Phi) is 49.9. The van der Waals surface area contributed by atoms with Crippen LogP contribution >= 0.6 is 0 Å². The molecular weight excluding hydrogens is 793 g/mol. The van der Waals surface area contributed by atoms with Gasteiger partial charge in [0.15, 0.2) is 6.10 Å². The van der Waals surface area contributed by atoms with Crippen molar-refractivity contribution in [3.63, 3.8) is 0 Å². The van der Waals surface area contributed by atoms with Gasteiger partial charge in [-0.15, -0.1) is 0 Å². The zero-order valence-corrected chi connectivity index (χ0v) is 42.0. The maximum absolute atomic E-state index is 12.8. The van der Waals surface area contributed by atoms with Crippen LogP contribution < -0.4 is 0 Å². The van der Waals surface area contributed by atoms with Crippen LogP contribution in [0.2, 0.25) is 0 Å². The third kappa shape index (κ3) is 49.9. The SMILES string of the molecule is CC\C=C/C=C\C=C/C=C\C=C/CCCCCC(=O)OC(COC(=O)CCCCCCC/C=C\CCCCCCCCCCC)COC(=O)CCCCCCCCCCCCCCC. The Balaban J connectivity index is 4.44. The van der Waals surface area contributed by atoms with E-state index in [2.05, 4.69) is 45.1 Å².